The van der Waals surface area contributed by atoms with Crippen molar-refractivity contribution in [1.82, 2.24) is 9.55 Å². The topological polar surface area (TPSA) is 162 Å². The molecule has 51 heavy (non-hydrogen) atoms. The van der Waals surface area contributed by atoms with Gasteiger partial charge in [0.05, 0.1) is 27.9 Å². The Morgan fingerprint density at radius 3 is 2.43 bits per heavy atom. The van der Waals surface area contributed by atoms with Crippen LogP contribution in [-0.4, -0.2) is 55.6 Å². The number of hydrogen-bond acceptors (Lipinski definition) is 11. The van der Waals surface area contributed by atoms with E-state index < -0.39 is 60.4 Å². The van der Waals surface area contributed by atoms with Crippen molar-refractivity contribution in [2.24, 2.45) is 5.92 Å². The highest BCUT2D eigenvalue weighted by Crippen LogP contribution is 2.38. The van der Waals surface area contributed by atoms with Gasteiger partial charge in [-0.05, 0) is 74.9 Å². The Morgan fingerprint density at radius 2 is 1.80 bits per heavy atom. The number of pyridine rings is 1. The molecular weight excluding hydrogens is 739 g/mol. The van der Waals surface area contributed by atoms with Gasteiger partial charge in [-0.3, -0.25) is 27.7 Å². The van der Waals surface area contributed by atoms with Gasteiger partial charge in [-0.1, -0.05) is 29.3 Å². The third kappa shape index (κ3) is 10.2. The summed E-state index contributed by atoms with van der Waals surface area (Å²) >= 11 is 9.85. The van der Waals surface area contributed by atoms with Crippen LogP contribution >= 0.6 is 23.2 Å². The molecule has 0 bridgehead atoms. The lowest BCUT2D eigenvalue weighted by molar-refractivity contribution is -0.153. The first-order chi connectivity index (χ1) is 24.1. The number of oxazole rings is 1. The van der Waals surface area contributed by atoms with Crippen molar-refractivity contribution in [3.63, 3.8) is 0 Å². The molecule has 2 heterocycles. The molecule has 274 valence electrons. The lowest BCUT2D eigenvalue weighted by Crippen LogP contribution is -2.36. The zero-order valence-electron chi connectivity index (χ0n) is 27.4. The maximum absolute atomic E-state index is 13.5. The van der Waals surface area contributed by atoms with Crippen LogP contribution in [-0.2, 0) is 43.3 Å². The monoisotopic (exact) mass is 770 g/mol. The molecule has 0 amide bonds. The maximum Gasteiger partial charge on any atom is 0.420 e. The zero-order chi connectivity index (χ0) is 37.0. The number of halogens is 4. The maximum atomic E-state index is 13.5. The highest BCUT2D eigenvalue weighted by molar-refractivity contribution is 7.80. The van der Waals surface area contributed by atoms with Crippen LogP contribution in [0.2, 0.25) is 10.0 Å². The number of fused-ring (bicyclic) bond motifs is 1. The second-order valence-electron chi connectivity index (χ2n) is 12.5. The van der Waals surface area contributed by atoms with Gasteiger partial charge in [0.15, 0.2) is 17.1 Å². The second-order valence-corrected chi connectivity index (χ2v) is 14.2. The molecule has 1 aliphatic carbocycles. The average molecular weight is 772 g/mol. The van der Waals surface area contributed by atoms with Crippen molar-refractivity contribution in [2.45, 2.75) is 64.9 Å². The zero-order valence-corrected chi connectivity index (χ0v) is 29.8. The number of ether oxygens (including phenoxy) is 4. The minimum Gasteiger partial charge on any atom is -0.755 e. The normalized spacial score (nSPS) is 14.3. The van der Waals surface area contributed by atoms with Crippen molar-refractivity contribution < 1.29 is 50.5 Å². The summed E-state index contributed by atoms with van der Waals surface area (Å²) in [6, 6.07) is 8.00. The highest BCUT2D eigenvalue weighted by Gasteiger charge is 2.27. The van der Waals surface area contributed by atoms with Gasteiger partial charge in [0.1, 0.15) is 24.8 Å². The van der Waals surface area contributed by atoms with E-state index in [-0.39, 0.29) is 57.3 Å². The molecular formula is C33H32Cl2F2N3O10S-. The first-order valence-electron chi connectivity index (χ1n) is 15.5. The number of aromatic nitrogens is 2. The predicted octanol–water partition coefficient (Wildman–Crippen LogP) is 6.16. The molecule has 0 spiro atoms. The fourth-order valence-electron chi connectivity index (χ4n) is 4.98. The van der Waals surface area contributed by atoms with Crippen molar-refractivity contribution >= 4 is 63.2 Å². The van der Waals surface area contributed by atoms with Crippen LogP contribution in [0.4, 0.5) is 14.5 Å². The summed E-state index contributed by atoms with van der Waals surface area (Å²) in [7, 11) is 0. The quantitative estimate of drug-likeness (QED) is 0.101. The van der Waals surface area contributed by atoms with Gasteiger partial charge >= 0.3 is 24.3 Å². The number of rotatable bonds is 15. The van der Waals surface area contributed by atoms with Crippen molar-refractivity contribution in [3.05, 3.63) is 80.5 Å². The number of carbonyl (C=O) groups excluding carboxylic acids is 2. The number of benzene rings is 2. The number of alkyl halides is 2. The summed E-state index contributed by atoms with van der Waals surface area (Å²) in [5.74, 6) is -2.58. The van der Waals surface area contributed by atoms with Gasteiger partial charge in [-0.25, -0.2) is 4.79 Å². The van der Waals surface area contributed by atoms with E-state index in [1.54, 1.807) is 20.8 Å². The van der Waals surface area contributed by atoms with Gasteiger partial charge in [-0.15, -0.1) is 0 Å². The lowest BCUT2D eigenvalue weighted by Gasteiger charge is -2.27. The molecule has 2 aromatic carbocycles. The Bertz CT molecular complexity index is 1980. The van der Waals surface area contributed by atoms with Gasteiger partial charge in [0.25, 0.3) is 0 Å². The molecule has 2 atom stereocenters. The molecule has 13 nitrogen and oxygen atoms in total. The van der Waals surface area contributed by atoms with E-state index in [0.29, 0.717) is 11.1 Å². The summed E-state index contributed by atoms with van der Waals surface area (Å²) in [6.45, 7) is 0.762. The van der Waals surface area contributed by atoms with E-state index in [9.17, 15) is 31.9 Å². The Balaban J connectivity index is 1.42. The molecule has 18 heteroatoms. The molecule has 1 saturated carbocycles. The summed E-state index contributed by atoms with van der Waals surface area (Å²) < 4.78 is 78.9. The molecule has 0 radical (unpaired) electrons. The Labute approximate surface area is 302 Å². The van der Waals surface area contributed by atoms with Crippen LogP contribution in [0.1, 0.15) is 50.8 Å². The molecule has 0 N–H and O–H groups in total. The van der Waals surface area contributed by atoms with Crippen LogP contribution in [0.5, 0.6) is 11.5 Å². The summed E-state index contributed by atoms with van der Waals surface area (Å²) in [5.41, 5.74) is -0.118. The first kappa shape index (κ1) is 38.0. The van der Waals surface area contributed by atoms with Crippen LogP contribution in [0, 0.1) is 5.92 Å². The molecule has 4 aromatic rings. The fraction of sp³-hybridized carbons (Fsp3) is 0.394. The summed E-state index contributed by atoms with van der Waals surface area (Å²) in [5, 5.41) is 0.359. The van der Waals surface area contributed by atoms with Crippen molar-refractivity contribution in [2.75, 3.05) is 17.5 Å². The van der Waals surface area contributed by atoms with Crippen LogP contribution in [0.15, 0.2) is 58.0 Å². The number of esters is 2. The molecule has 0 saturated heterocycles. The first-order valence-corrected chi connectivity index (χ1v) is 17.3. The SMILES string of the molecule is CC(C)(C)OC(=O)CN(c1ccc2c(c1)oc(=O)n2CC(=O)O[C@@H](Cc1c(Cl)cncc1Cl)c1ccc(OC(F)F)c(OCC2CC2)c1)S(=O)[O-]. The fourth-order valence-corrected chi connectivity index (χ4v) is 5.99. The van der Waals surface area contributed by atoms with E-state index in [0.717, 1.165) is 21.7 Å². The van der Waals surface area contributed by atoms with E-state index in [1.165, 1.54) is 48.8 Å². The van der Waals surface area contributed by atoms with Gasteiger partial charge in [0.2, 0.25) is 0 Å². The minimum atomic E-state index is -3.11. The number of carbonyl (C=O) groups is 2. The van der Waals surface area contributed by atoms with Crippen molar-refractivity contribution in [1.29, 1.82) is 0 Å². The molecule has 1 unspecified atom stereocenters. The Hall–Kier alpha value is -4.25. The average Bonchev–Trinajstić information content (AvgIpc) is 3.82. The largest absolute Gasteiger partial charge is 0.755 e. The van der Waals surface area contributed by atoms with Gasteiger partial charge < -0.3 is 27.9 Å². The molecule has 2 aromatic heterocycles. The lowest BCUT2D eigenvalue weighted by atomic mass is 10.0. The molecule has 1 fully saturated rings. The summed E-state index contributed by atoms with van der Waals surface area (Å²) in [4.78, 5) is 42.7. The van der Waals surface area contributed by atoms with E-state index >= 15 is 0 Å². The Kier molecular flexibility index (Phi) is 11.9. The molecule has 0 aliphatic heterocycles. The minimum absolute atomic E-state index is 0.00433. The van der Waals surface area contributed by atoms with Crippen molar-refractivity contribution in [3.8, 4) is 11.5 Å². The molecule has 5 rings (SSSR count). The number of nitrogens with zero attached hydrogens (tertiary/aromatic N) is 3. The Morgan fingerprint density at radius 1 is 1.10 bits per heavy atom. The van der Waals surface area contributed by atoms with E-state index in [4.69, 9.17) is 41.8 Å². The van der Waals surface area contributed by atoms with Crippen LogP contribution < -0.4 is 19.5 Å². The second kappa shape index (κ2) is 16.0. The third-order valence-electron chi connectivity index (χ3n) is 7.44. The number of anilines is 1. The summed E-state index contributed by atoms with van der Waals surface area (Å²) in [6.07, 6.45) is 3.40. The van der Waals surface area contributed by atoms with Gasteiger partial charge in [0, 0.05) is 36.1 Å². The standard InChI is InChI=1S/C33H33Cl2F2N3O10S/c1-33(2,3)50-30(42)16-40(51(44)45)20-7-8-24-27(11-20)49-32(43)39(24)15-29(41)47-26(12-21-22(34)13-38-14-23(21)35)19-6-9-25(48-31(36)37)28(10-19)46-17-18-4-5-18/h6-11,13-14,18,26,31H,4-5,12,15-17H2,1-3H3,(H,44,45)/p-1/t26-/m0/s1. The third-order valence-corrected chi connectivity index (χ3v) is 8.79. The van der Waals surface area contributed by atoms with Gasteiger partial charge in [-0.2, -0.15) is 8.78 Å². The smallest absolute Gasteiger partial charge is 0.420 e. The van der Waals surface area contributed by atoms with E-state index in [1.807, 2.05) is 0 Å². The van der Waals surface area contributed by atoms with E-state index in [2.05, 4.69) is 9.72 Å². The predicted molar refractivity (Wildman–Crippen MR) is 181 cm³/mol. The highest BCUT2D eigenvalue weighted by atomic mass is 35.5. The van der Waals surface area contributed by atoms with Crippen LogP contribution in [0.25, 0.3) is 11.1 Å². The molecule has 1 aliphatic rings. The van der Waals surface area contributed by atoms with Crippen LogP contribution in [0.3, 0.4) is 0 Å². The number of hydrogen-bond donors (Lipinski definition) is 0.